The highest BCUT2D eigenvalue weighted by Gasteiger charge is 2.48. The van der Waals surface area contributed by atoms with Gasteiger partial charge in [0, 0.05) is 41.5 Å². The summed E-state index contributed by atoms with van der Waals surface area (Å²) in [6.45, 7) is 0. The highest BCUT2D eigenvalue weighted by atomic mass is 16.3. The van der Waals surface area contributed by atoms with Crippen LogP contribution in [0.2, 0.25) is 0 Å². The van der Waals surface area contributed by atoms with E-state index in [0.717, 1.165) is 18.2 Å². The molecule has 0 aromatic heterocycles. The molecule has 0 bridgehead atoms. The average molecular weight is 488 g/mol. The lowest BCUT2D eigenvalue weighted by molar-refractivity contribution is 0.134. The first kappa shape index (κ1) is 23.2. The zero-order valence-electron chi connectivity index (χ0n) is 18.8. The monoisotopic (exact) mass is 488 g/mol. The second kappa shape index (κ2) is 8.58. The molecule has 1 aliphatic rings. The molecule has 4 aromatic carbocycles. The van der Waals surface area contributed by atoms with E-state index in [1.165, 1.54) is 42.5 Å². The van der Waals surface area contributed by atoms with Crippen LogP contribution in [0, 0.1) is 0 Å². The Morgan fingerprint density at radius 2 is 1.11 bits per heavy atom. The Labute approximate surface area is 205 Å². The normalized spacial score (nSPS) is 19.6. The molecule has 0 radical (unpaired) electrons. The summed E-state index contributed by atoms with van der Waals surface area (Å²) in [6.07, 6.45) is -1.22. The number of aliphatic hydroxyl groups is 1. The van der Waals surface area contributed by atoms with Crippen molar-refractivity contribution in [1.29, 1.82) is 0 Å². The number of aromatic hydroxyl groups is 7. The quantitative estimate of drug-likeness (QED) is 0.210. The van der Waals surface area contributed by atoms with E-state index in [1.54, 1.807) is 12.1 Å². The van der Waals surface area contributed by atoms with Crippen LogP contribution in [0.4, 0.5) is 0 Å². The highest BCUT2D eigenvalue weighted by Crippen LogP contribution is 2.62. The van der Waals surface area contributed by atoms with Crippen molar-refractivity contribution in [1.82, 2.24) is 0 Å². The third kappa shape index (κ3) is 3.87. The molecule has 0 heterocycles. The minimum absolute atomic E-state index is 0.00824. The standard InChI is InChI=1S/C28H24O8/c29-15-3-1-13(2-4-15)28(36)27-21-10-19(33)12-23(35)25(21)24(14-7-17(31)9-18(32)8-14)26(27)20-6-5-16(30)11-22(20)34/h1-12,24,26-36H. The smallest absolute Gasteiger partial charge is 0.123 e. The van der Waals surface area contributed by atoms with Gasteiger partial charge in [-0.1, -0.05) is 18.2 Å². The first-order chi connectivity index (χ1) is 17.1. The maximum Gasteiger partial charge on any atom is 0.123 e. The Balaban J connectivity index is 1.81. The van der Waals surface area contributed by atoms with E-state index in [0.29, 0.717) is 27.8 Å². The Bertz CT molecular complexity index is 1430. The number of phenols is 7. The highest BCUT2D eigenvalue weighted by molar-refractivity contribution is 5.62. The lowest BCUT2D eigenvalue weighted by atomic mass is 9.74. The molecule has 0 aliphatic heterocycles. The van der Waals surface area contributed by atoms with Crippen molar-refractivity contribution in [2.24, 2.45) is 0 Å². The van der Waals surface area contributed by atoms with E-state index < -0.39 is 23.9 Å². The lowest BCUT2D eigenvalue weighted by Gasteiger charge is -2.30. The lowest BCUT2D eigenvalue weighted by Crippen LogP contribution is -2.18. The minimum atomic E-state index is -1.22. The van der Waals surface area contributed by atoms with Crippen LogP contribution in [0.25, 0.3) is 0 Å². The fraction of sp³-hybridized carbons (Fsp3) is 0.143. The molecule has 184 valence electrons. The SMILES string of the molecule is Oc1ccc(C(O)C2c3cc(O)cc(O)c3C(c3cc(O)cc(O)c3)C2c2ccc(O)cc2O)cc1. The molecule has 5 rings (SSSR count). The van der Waals surface area contributed by atoms with Gasteiger partial charge in [-0.3, -0.25) is 0 Å². The molecule has 4 atom stereocenters. The van der Waals surface area contributed by atoms with Crippen molar-refractivity contribution < 1.29 is 40.9 Å². The van der Waals surface area contributed by atoms with Gasteiger partial charge in [0.2, 0.25) is 0 Å². The van der Waals surface area contributed by atoms with E-state index >= 15 is 0 Å². The van der Waals surface area contributed by atoms with Gasteiger partial charge in [-0.2, -0.15) is 0 Å². The second-order valence-corrected chi connectivity index (χ2v) is 9.06. The zero-order valence-corrected chi connectivity index (χ0v) is 18.8. The summed E-state index contributed by atoms with van der Waals surface area (Å²) in [5.74, 6) is -3.76. The molecule has 8 N–H and O–H groups in total. The summed E-state index contributed by atoms with van der Waals surface area (Å²) in [4.78, 5) is 0. The van der Waals surface area contributed by atoms with Crippen LogP contribution in [0.3, 0.4) is 0 Å². The van der Waals surface area contributed by atoms with Crippen molar-refractivity contribution in [3.63, 3.8) is 0 Å². The molecule has 8 nitrogen and oxygen atoms in total. The molecule has 36 heavy (non-hydrogen) atoms. The molecule has 4 aromatic rings. The minimum Gasteiger partial charge on any atom is -0.508 e. The van der Waals surface area contributed by atoms with Crippen molar-refractivity contribution in [2.45, 2.75) is 23.9 Å². The number of fused-ring (bicyclic) bond motifs is 1. The molecular formula is C28H24O8. The summed E-state index contributed by atoms with van der Waals surface area (Å²) in [5.41, 5.74) is 1.91. The van der Waals surface area contributed by atoms with Crippen molar-refractivity contribution in [2.75, 3.05) is 0 Å². The van der Waals surface area contributed by atoms with Crippen molar-refractivity contribution >= 4 is 0 Å². The van der Waals surface area contributed by atoms with E-state index in [4.69, 9.17) is 0 Å². The van der Waals surface area contributed by atoms with Gasteiger partial charge in [-0.25, -0.2) is 0 Å². The van der Waals surface area contributed by atoms with Crippen molar-refractivity contribution in [3.8, 4) is 40.2 Å². The number of hydrogen-bond acceptors (Lipinski definition) is 8. The summed E-state index contributed by atoms with van der Waals surface area (Å²) < 4.78 is 0. The maximum absolute atomic E-state index is 11.6. The fourth-order valence-corrected chi connectivity index (χ4v) is 5.44. The van der Waals surface area contributed by atoms with Crippen LogP contribution in [-0.2, 0) is 0 Å². The molecule has 0 saturated heterocycles. The van der Waals surface area contributed by atoms with Crippen LogP contribution in [-0.4, -0.2) is 40.9 Å². The number of hydrogen-bond donors (Lipinski definition) is 8. The van der Waals surface area contributed by atoms with Gasteiger partial charge in [-0.05, 0) is 58.7 Å². The van der Waals surface area contributed by atoms with Gasteiger partial charge in [0.15, 0.2) is 0 Å². The second-order valence-electron chi connectivity index (χ2n) is 9.06. The summed E-state index contributed by atoms with van der Waals surface area (Å²) in [5, 5.41) is 83.8. The Kier molecular flexibility index (Phi) is 5.53. The summed E-state index contributed by atoms with van der Waals surface area (Å²) in [7, 11) is 0. The number of aliphatic hydroxyl groups excluding tert-OH is 1. The number of phenolic OH excluding ortho intramolecular Hbond substituents is 7. The number of rotatable bonds is 4. The average Bonchev–Trinajstić information content (AvgIpc) is 3.13. The van der Waals surface area contributed by atoms with E-state index in [1.807, 2.05) is 0 Å². The largest absolute Gasteiger partial charge is 0.508 e. The van der Waals surface area contributed by atoms with E-state index in [2.05, 4.69) is 0 Å². The zero-order chi connectivity index (χ0) is 25.7. The third-order valence-corrected chi connectivity index (χ3v) is 6.82. The Morgan fingerprint density at radius 3 is 1.75 bits per heavy atom. The van der Waals surface area contributed by atoms with Crippen LogP contribution in [0.15, 0.2) is 72.8 Å². The molecule has 0 fully saturated rings. The molecule has 1 aliphatic carbocycles. The van der Waals surface area contributed by atoms with Gasteiger partial charge >= 0.3 is 0 Å². The first-order valence-corrected chi connectivity index (χ1v) is 11.2. The molecule has 8 heteroatoms. The van der Waals surface area contributed by atoms with Gasteiger partial charge in [-0.15, -0.1) is 0 Å². The van der Waals surface area contributed by atoms with Crippen LogP contribution in [0.5, 0.6) is 40.2 Å². The fourth-order valence-electron chi connectivity index (χ4n) is 5.44. The summed E-state index contributed by atoms with van der Waals surface area (Å²) in [6, 6.07) is 16.6. The number of benzene rings is 4. The van der Waals surface area contributed by atoms with E-state index in [9.17, 15) is 40.9 Å². The first-order valence-electron chi connectivity index (χ1n) is 11.2. The Hall–Kier alpha value is -4.56. The maximum atomic E-state index is 11.6. The molecule has 4 unspecified atom stereocenters. The Morgan fingerprint density at radius 1 is 0.528 bits per heavy atom. The van der Waals surface area contributed by atoms with Crippen LogP contribution >= 0.6 is 0 Å². The predicted molar refractivity (Wildman–Crippen MR) is 130 cm³/mol. The van der Waals surface area contributed by atoms with E-state index in [-0.39, 0.29) is 40.2 Å². The van der Waals surface area contributed by atoms with Gasteiger partial charge in [0.05, 0.1) is 6.10 Å². The summed E-state index contributed by atoms with van der Waals surface area (Å²) >= 11 is 0. The van der Waals surface area contributed by atoms with Gasteiger partial charge in [0.25, 0.3) is 0 Å². The van der Waals surface area contributed by atoms with Gasteiger partial charge in [0.1, 0.15) is 40.2 Å². The topological polar surface area (TPSA) is 162 Å². The van der Waals surface area contributed by atoms with Crippen LogP contribution in [0.1, 0.15) is 51.7 Å². The molecular weight excluding hydrogens is 464 g/mol. The third-order valence-electron chi connectivity index (χ3n) is 6.82. The predicted octanol–water partition coefficient (Wildman–Crippen LogP) is 4.37. The van der Waals surface area contributed by atoms with Gasteiger partial charge < -0.3 is 40.9 Å². The van der Waals surface area contributed by atoms with Crippen LogP contribution < -0.4 is 0 Å². The molecule has 0 saturated carbocycles. The molecule has 0 amide bonds. The molecule has 0 spiro atoms. The van der Waals surface area contributed by atoms with Crippen molar-refractivity contribution in [3.05, 3.63) is 101 Å².